The van der Waals surface area contributed by atoms with Crippen LogP contribution < -0.4 is 11.1 Å². The zero-order valence-corrected chi connectivity index (χ0v) is 10.5. The van der Waals surface area contributed by atoms with Gasteiger partial charge in [0.2, 0.25) is 0 Å². The first-order valence-corrected chi connectivity index (χ1v) is 6.21. The molecule has 102 valence electrons. The molecule has 1 aromatic carbocycles. The van der Waals surface area contributed by atoms with Crippen molar-refractivity contribution in [3.8, 4) is 0 Å². The van der Waals surface area contributed by atoms with Crippen LogP contribution in [-0.4, -0.2) is 41.1 Å². The Morgan fingerprint density at radius 2 is 1.89 bits per heavy atom. The van der Waals surface area contributed by atoms with Gasteiger partial charge in [0.15, 0.2) is 0 Å². The first-order valence-electron chi connectivity index (χ1n) is 6.21. The molecule has 0 radical (unpaired) electrons. The number of carboxylic acid groups (broad SMARTS) is 1. The lowest BCUT2D eigenvalue weighted by atomic mass is 10.0. The van der Waals surface area contributed by atoms with Gasteiger partial charge in [0.25, 0.3) is 5.91 Å². The summed E-state index contributed by atoms with van der Waals surface area (Å²) in [5.74, 6) is -0.202. The van der Waals surface area contributed by atoms with Crippen molar-refractivity contribution in [1.29, 1.82) is 0 Å². The second-order valence-electron chi connectivity index (χ2n) is 4.60. The van der Waals surface area contributed by atoms with E-state index in [1.165, 1.54) is 4.90 Å². The SMILES string of the molecule is Nc1ccccc1C(=O)NC1CCN(C(=O)O)CC1. The smallest absolute Gasteiger partial charge is 0.407 e. The molecule has 6 nitrogen and oxygen atoms in total. The van der Waals surface area contributed by atoms with E-state index < -0.39 is 6.09 Å². The number of rotatable bonds is 2. The van der Waals surface area contributed by atoms with Crippen molar-refractivity contribution in [3.05, 3.63) is 29.8 Å². The number of nitrogen functional groups attached to an aromatic ring is 1. The molecule has 0 bridgehead atoms. The lowest BCUT2D eigenvalue weighted by Gasteiger charge is -2.30. The quantitative estimate of drug-likeness (QED) is 0.697. The minimum atomic E-state index is -0.905. The molecule has 0 spiro atoms. The summed E-state index contributed by atoms with van der Waals surface area (Å²) < 4.78 is 0. The highest BCUT2D eigenvalue weighted by molar-refractivity contribution is 5.99. The summed E-state index contributed by atoms with van der Waals surface area (Å²) in [6.45, 7) is 0.898. The maximum Gasteiger partial charge on any atom is 0.407 e. The summed E-state index contributed by atoms with van der Waals surface area (Å²) in [5.41, 5.74) is 6.65. The number of likely N-dealkylation sites (tertiary alicyclic amines) is 1. The molecule has 0 saturated carbocycles. The van der Waals surface area contributed by atoms with Gasteiger partial charge in [-0.2, -0.15) is 0 Å². The molecule has 1 fully saturated rings. The van der Waals surface area contributed by atoms with Gasteiger partial charge in [0, 0.05) is 24.8 Å². The predicted molar refractivity (Wildman–Crippen MR) is 70.9 cm³/mol. The van der Waals surface area contributed by atoms with Gasteiger partial charge in [-0.15, -0.1) is 0 Å². The third-order valence-corrected chi connectivity index (χ3v) is 3.31. The van der Waals surface area contributed by atoms with Crippen LogP contribution >= 0.6 is 0 Å². The zero-order valence-electron chi connectivity index (χ0n) is 10.5. The Bertz CT molecular complexity index is 482. The third kappa shape index (κ3) is 3.15. The van der Waals surface area contributed by atoms with E-state index in [0.29, 0.717) is 37.2 Å². The van der Waals surface area contributed by atoms with Crippen molar-refractivity contribution < 1.29 is 14.7 Å². The number of anilines is 1. The average Bonchev–Trinajstić information content (AvgIpc) is 2.39. The van der Waals surface area contributed by atoms with Crippen LogP contribution in [0.4, 0.5) is 10.5 Å². The average molecular weight is 263 g/mol. The van der Waals surface area contributed by atoms with Gasteiger partial charge in [-0.1, -0.05) is 12.1 Å². The number of hydrogen-bond donors (Lipinski definition) is 3. The summed E-state index contributed by atoms with van der Waals surface area (Å²) >= 11 is 0. The topological polar surface area (TPSA) is 95.7 Å². The number of piperidine rings is 1. The molecule has 0 aromatic heterocycles. The minimum absolute atomic E-state index is 0.00251. The number of nitrogens with one attached hydrogen (secondary N) is 1. The monoisotopic (exact) mass is 263 g/mol. The molecule has 0 unspecified atom stereocenters. The van der Waals surface area contributed by atoms with Crippen molar-refractivity contribution in [1.82, 2.24) is 10.2 Å². The van der Waals surface area contributed by atoms with Crippen molar-refractivity contribution in [3.63, 3.8) is 0 Å². The number of nitrogens with zero attached hydrogens (tertiary/aromatic N) is 1. The van der Waals surface area contributed by atoms with Crippen molar-refractivity contribution in [2.45, 2.75) is 18.9 Å². The Hall–Kier alpha value is -2.24. The number of para-hydroxylation sites is 1. The predicted octanol–water partition coefficient (Wildman–Crippen LogP) is 1.14. The van der Waals surface area contributed by atoms with Gasteiger partial charge in [0.1, 0.15) is 0 Å². The molecule has 1 aliphatic rings. The number of benzene rings is 1. The lowest BCUT2D eigenvalue weighted by Crippen LogP contribution is -2.46. The molecule has 19 heavy (non-hydrogen) atoms. The molecular formula is C13H17N3O3. The lowest BCUT2D eigenvalue weighted by molar-refractivity contribution is 0.0908. The van der Waals surface area contributed by atoms with Crippen LogP contribution in [0.25, 0.3) is 0 Å². The van der Waals surface area contributed by atoms with E-state index in [4.69, 9.17) is 10.8 Å². The molecule has 4 N–H and O–H groups in total. The van der Waals surface area contributed by atoms with E-state index in [0.717, 1.165) is 0 Å². The number of carbonyl (C=O) groups is 2. The summed E-state index contributed by atoms with van der Waals surface area (Å²) in [6, 6.07) is 6.90. The standard InChI is InChI=1S/C13H17N3O3/c14-11-4-2-1-3-10(11)12(17)15-9-5-7-16(8-6-9)13(18)19/h1-4,9H,5-8,14H2,(H,15,17)(H,18,19). The van der Waals surface area contributed by atoms with Crippen LogP contribution in [0.3, 0.4) is 0 Å². The van der Waals surface area contributed by atoms with E-state index in [9.17, 15) is 9.59 Å². The number of carbonyl (C=O) groups excluding carboxylic acids is 1. The summed E-state index contributed by atoms with van der Waals surface area (Å²) in [4.78, 5) is 24.2. The highest BCUT2D eigenvalue weighted by atomic mass is 16.4. The van der Waals surface area contributed by atoms with Crippen LogP contribution in [0.1, 0.15) is 23.2 Å². The Morgan fingerprint density at radius 3 is 2.47 bits per heavy atom. The highest BCUT2D eigenvalue weighted by Gasteiger charge is 2.23. The number of amides is 2. The molecule has 1 aromatic rings. The summed E-state index contributed by atoms with van der Waals surface area (Å²) in [5, 5.41) is 11.7. The van der Waals surface area contributed by atoms with Gasteiger partial charge < -0.3 is 21.1 Å². The molecule has 6 heteroatoms. The van der Waals surface area contributed by atoms with E-state index >= 15 is 0 Å². The molecule has 2 rings (SSSR count). The van der Waals surface area contributed by atoms with E-state index in [1.807, 2.05) is 0 Å². The summed E-state index contributed by atoms with van der Waals surface area (Å²) in [6.07, 6.45) is 0.354. The second kappa shape index (κ2) is 5.60. The Balaban J connectivity index is 1.91. The molecule has 0 aliphatic carbocycles. The van der Waals surface area contributed by atoms with Gasteiger partial charge in [0.05, 0.1) is 5.56 Å². The fourth-order valence-corrected chi connectivity index (χ4v) is 2.18. The van der Waals surface area contributed by atoms with E-state index in [2.05, 4.69) is 5.32 Å². The molecule has 2 amide bonds. The van der Waals surface area contributed by atoms with Crippen LogP contribution in [0.5, 0.6) is 0 Å². The molecule has 1 heterocycles. The fourth-order valence-electron chi connectivity index (χ4n) is 2.18. The maximum atomic E-state index is 12.0. The first kappa shape index (κ1) is 13.2. The summed E-state index contributed by atoms with van der Waals surface area (Å²) in [7, 11) is 0. The van der Waals surface area contributed by atoms with E-state index in [1.54, 1.807) is 24.3 Å². The molecular weight excluding hydrogens is 246 g/mol. The van der Waals surface area contributed by atoms with Gasteiger partial charge >= 0.3 is 6.09 Å². The fraction of sp³-hybridized carbons (Fsp3) is 0.385. The largest absolute Gasteiger partial charge is 0.465 e. The molecule has 1 saturated heterocycles. The Morgan fingerprint density at radius 1 is 1.26 bits per heavy atom. The second-order valence-corrected chi connectivity index (χ2v) is 4.60. The normalized spacial score (nSPS) is 16.1. The van der Waals surface area contributed by atoms with Crippen molar-refractivity contribution in [2.24, 2.45) is 0 Å². The Labute approximate surface area is 111 Å². The molecule has 1 aliphatic heterocycles. The van der Waals surface area contributed by atoms with Crippen LogP contribution in [-0.2, 0) is 0 Å². The van der Waals surface area contributed by atoms with Gasteiger partial charge in [-0.05, 0) is 25.0 Å². The number of nitrogens with two attached hydrogens (primary N) is 1. The third-order valence-electron chi connectivity index (χ3n) is 3.31. The maximum absolute atomic E-state index is 12.0. The van der Waals surface area contributed by atoms with Crippen molar-refractivity contribution >= 4 is 17.7 Å². The van der Waals surface area contributed by atoms with Gasteiger partial charge in [-0.25, -0.2) is 4.79 Å². The highest BCUT2D eigenvalue weighted by Crippen LogP contribution is 2.14. The van der Waals surface area contributed by atoms with Crippen LogP contribution in [0.15, 0.2) is 24.3 Å². The molecule has 0 atom stereocenters. The van der Waals surface area contributed by atoms with Crippen LogP contribution in [0, 0.1) is 0 Å². The number of hydrogen-bond acceptors (Lipinski definition) is 3. The van der Waals surface area contributed by atoms with Crippen molar-refractivity contribution in [2.75, 3.05) is 18.8 Å². The zero-order chi connectivity index (χ0) is 13.8. The van der Waals surface area contributed by atoms with E-state index in [-0.39, 0.29) is 11.9 Å². The first-order chi connectivity index (χ1) is 9.08. The van der Waals surface area contributed by atoms with Crippen LogP contribution in [0.2, 0.25) is 0 Å². The Kier molecular flexibility index (Phi) is 3.89. The van der Waals surface area contributed by atoms with Gasteiger partial charge in [-0.3, -0.25) is 4.79 Å². The minimum Gasteiger partial charge on any atom is -0.465 e.